The summed E-state index contributed by atoms with van der Waals surface area (Å²) < 4.78 is 0. The second-order valence-corrected chi connectivity index (χ2v) is 5.45. The Morgan fingerprint density at radius 1 is 1.33 bits per heavy atom. The van der Waals surface area contributed by atoms with Gasteiger partial charge in [-0.3, -0.25) is 0 Å². The van der Waals surface area contributed by atoms with E-state index >= 15 is 0 Å². The molecule has 0 saturated carbocycles. The highest BCUT2D eigenvalue weighted by atomic mass is 15.3. The molecule has 1 saturated heterocycles. The molecule has 4 heteroatoms. The highest BCUT2D eigenvalue weighted by Gasteiger charge is 2.23. The minimum Gasteiger partial charge on any atom is -0.370 e. The first-order valence-electron chi connectivity index (χ1n) is 5.60. The average Bonchev–Trinajstić information content (AvgIpc) is 1.99. The van der Waals surface area contributed by atoms with Gasteiger partial charge < -0.3 is 15.5 Å². The van der Waals surface area contributed by atoms with Gasteiger partial charge in [-0.25, -0.2) is 4.99 Å². The van der Waals surface area contributed by atoms with Crippen molar-refractivity contribution in [2.75, 3.05) is 26.7 Å². The van der Waals surface area contributed by atoms with Gasteiger partial charge in [0.1, 0.15) is 0 Å². The number of piperazine rings is 1. The van der Waals surface area contributed by atoms with Crippen LogP contribution in [0.3, 0.4) is 0 Å². The van der Waals surface area contributed by atoms with Crippen molar-refractivity contribution in [3.8, 4) is 0 Å². The minimum atomic E-state index is -0.0901. The van der Waals surface area contributed by atoms with Crippen LogP contribution in [-0.4, -0.2) is 54.0 Å². The molecule has 1 atom stereocenters. The second-order valence-electron chi connectivity index (χ2n) is 5.45. The molecule has 1 heterocycles. The Morgan fingerprint density at radius 2 is 1.93 bits per heavy atom. The Balaban J connectivity index is 2.68. The van der Waals surface area contributed by atoms with Crippen molar-refractivity contribution >= 4 is 5.96 Å². The molecule has 1 unspecified atom stereocenters. The van der Waals surface area contributed by atoms with Crippen LogP contribution in [0.15, 0.2) is 4.99 Å². The van der Waals surface area contributed by atoms with Gasteiger partial charge in [0.25, 0.3) is 0 Å². The van der Waals surface area contributed by atoms with Crippen LogP contribution in [0.25, 0.3) is 0 Å². The van der Waals surface area contributed by atoms with Gasteiger partial charge in [-0.05, 0) is 34.7 Å². The first kappa shape index (κ1) is 12.3. The number of guanidine groups is 1. The summed E-state index contributed by atoms with van der Waals surface area (Å²) in [6, 6.07) is 0.454. The monoisotopic (exact) mass is 212 g/mol. The number of aliphatic imine (C=N–C) groups is 1. The summed E-state index contributed by atoms with van der Waals surface area (Å²) in [5.74, 6) is 0.683. The highest BCUT2D eigenvalue weighted by molar-refractivity contribution is 5.79. The summed E-state index contributed by atoms with van der Waals surface area (Å²) in [4.78, 5) is 9.03. The molecular formula is C11H24N4. The van der Waals surface area contributed by atoms with E-state index in [1.54, 1.807) is 0 Å². The lowest BCUT2D eigenvalue weighted by atomic mass is 10.1. The van der Waals surface area contributed by atoms with Crippen molar-refractivity contribution in [1.82, 2.24) is 9.80 Å². The van der Waals surface area contributed by atoms with Crippen molar-refractivity contribution in [2.45, 2.75) is 39.3 Å². The van der Waals surface area contributed by atoms with Crippen LogP contribution in [0, 0.1) is 0 Å². The second kappa shape index (κ2) is 4.39. The summed E-state index contributed by atoms with van der Waals surface area (Å²) in [5.41, 5.74) is 5.94. The van der Waals surface area contributed by atoms with E-state index in [9.17, 15) is 0 Å². The topological polar surface area (TPSA) is 44.9 Å². The van der Waals surface area contributed by atoms with Gasteiger partial charge >= 0.3 is 0 Å². The Bertz CT molecular complexity index is 241. The number of nitrogens with zero attached hydrogens (tertiary/aromatic N) is 3. The predicted molar refractivity (Wildman–Crippen MR) is 65.0 cm³/mol. The summed E-state index contributed by atoms with van der Waals surface area (Å²) in [6.07, 6.45) is 0. The van der Waals surface area contributed by atoms with Crippen LogP contribution in [-0.2, 0) is 0 Å². The fourth-order valence-corrected chi connectivity index (χ4v) is 1.89. The number of hydrogen-bond donors (Lipinski definition) is 1. The molecule has 2 N–H and O–H groups in total. The molecule has 0 spiro atoms. The van der Waals surface area contributed by atoms with Gasteiger partial charge in [-0.2, -0.15) is 0 Å². The summed E-state index contributed by atoms with van der Waals surface area (Å²) >= 11 is 0. The van der Waals surface area contributed by atoms with E-state index in [-0.39, 0.29) is 5.54 Å². The molecule has 0 bridgehead atoms. The average molecular weight is 212 g/mol. The third kappa shape index (κ3) is 3.70. The summed E-state index contributed by atoms with van der Waals surface area (Å²) in [5, 5.41) is 0. The Kier molecular flexibility index (Phi) is 3.60. The molecule has 1 aliphatic rings. The third-order valence-electron chi connectivity index (χ3n) is 2.57. The van der Waals surface area contributed by atoms with E-state index in [4.69, 9.17) is 5.73 Å². The lowest BCUT2D eigenvalue weighted by molar-refractivity contribution is 0.159. The van der Waals surface area contributed by atoms with Crippen molar-refractivity contribution < 1.29 is 0 Å². The number of rotatable bonds is 0. The van der Waals surface area contributed by atoms with Gasteiger partial charge in [0, 0.05) is 25.7 Å². The van der Waals surface area contributed by atoms with Crippen LogP contribution < -0.4 is 5.73 Å². The molecular weight excluding hydrogens is 188 g/mol. The molecule has 0 aromatic heterocycles. The Labute approximate surface area is 93.1 Å². The Morgan fingerprint density at radius 3 is 2.40 bits per heavy atom. The number of nitrogens with two attached hydrogens (primary N) is 1. The molecule has 0 amide bonds. The normalized spacial score (nSPS) is 25.8. The zero-order chi connectivity index (χ0) is 11.6. The molecule has 1 fully saturated rings. The lowest BCUT2D eigenvalue weighted by Crippen LogP contribution is -2.55. The smallest absolute Gasteiger partial charge is 0.192 e. The van der Waals surface area contributed by atoms with E-state index in [0.717, 1.165) is 19.6 Å². The van der Waals surface area contributed by atoms with E-state index in [2.05, 4.69) is 49.5 Å². The van der Waals surface area contributed by atoms with Crippen molar-refractivity contribution in [3.63, 3.8) is 0 Å². The van der Waals surface area contributed by atoms with Gasteiger partial charge in [0.2, 0.25) is 0 Å². The van der Waals surface area contributed by atoms with Crippen LogP contribution in [0.5, 0.6) is 0 Å². The maximum Gasteiger partial charge on any atom is 0.192 e. The van der Waals surface area contributed by atoms with Crippen LogP contribution in [0.4, 0.5) is 0 Å². The molecule has 1 aliphatic heterocycles. The standard InChI is InChI=1S/C11H24N4/c1-9-8-14(5)6-7-15(9)10(12)13-11(2,3)4/h9H,6-8H2,1-5H3,(H2,12,13). The fraction of sp³-hybridized carbons (Fsp3) is 0.909. The number of hydrogen-bond acceptors (Lipinski definition) is 2. The van der Waals surface area contributed by atoms with Crippen molar-refractivity contribution in [3.05, 3.63) is 0 Å². The molecule has 0 aromatic carbocycles. The lowest BCUT2D eigenvalue weighted by Gasteiger charge is -2.39. The van der Waals surface area contributed by atoms with E-state index in [0.29, 0.717) is 12.0 Å². The molecule has 88 valence electrons. The van der Waals surface area contributed by atoms with Gasteiger partial charge in [-0.15, -0.1) is 0 Å². The first-order valence-corrected chi connectivity index (χ1v) is 5.60. The van der Waals surface area contributed by atoms with E-state index < -0.39 is 0 Å². The first-order chi connectivity index (χ1) is 6.79. The molecule has 1 rings (SSSR count). The molecule has 0 aromatic rings. The van der Waals surface area contributed by atoms with Crippen LogP contribution in [0.1, 0.15) is 27.7 Å². The van der Waals surface area contributed by atoms with Crippen molar-refractivity contribution in [1.29, 1.82) is 0 Å². The zero-order valence-corrected chi connectivity index (χ0v) is 10.6. The maximum absolute atomic E-state index is 6.03. The number of likely N-dealkylation sites (N-methyl/N-ethyl adjacent to an activating group) is 1. The fourth-order valence-electron chi connectivity index (χ4n) is 1.89. The summed E-state index contributed by atoms with van der Waals surface area (Å²) in [6.45, 7) is 11.5. The van der Waals surface area contributed by atoms with Gasteiger partial charge in [0.15, 0.2) is 5.96 Å². The highest BCUT2D eigenvalue weighted by Crippen LogP contribution is 2.11. The molecule has 15 heavy (non-hydrogen) atoms. The molecule has 0 aliphatic carbocycles. The SMILES string of the molecule is CC1CN(C)CCN1C(N)=NC(C)(C)C. The molecule has 0 radical (unpaired) electrons. The van der Waals surface area contributed by atoms with Crippen molar-refractivity contribution in [2.24, 2.45) is 10.7 Å². The van der Waals surface area contributed by atoms with E-state index in [1.165, 1.54) is 0 Å². The quantitative estimate of drug-likeness (QED) is 0.476. The molecule has 4 nitrogen and oxygen atoms in total. The Hall–Kier alpha value is -0.770. The predicted octanol–water partition coefficient (Wildman–Crippen LogP) is 0.736. The largest absolute Gasteiger partial charge is 0.370 e. The van der Waals surface area contributed by atoms with Crippen LogP contribution >= 0.6 is 0 Å². The minimum absolute atomic E-state index is 0.0901. The van der Waals surface area contributed by atoms with E-state index in [1.807, 2.05) is 0 Å². The van der Waals surface area contributed by atoms with Gasteiger partial charge in [-0.1, -0.05) is 0 Å². The third-order valence-corrected chi connectivity index (χ3v) is 2.57. The van der Waals surface area contributed by atoms with Gasteiger partial charge in [0.05, 0.1) is 5.54 Å². The summed E-state index contributed by atoms with van der Waals surface area (Å²) in [7, 11) is 2.14. The van der Waals surface area contributed by atoms with Crippen LogP contribution in [0.2, 0.25) is 0 Å². The zero-order valence-electron chi connectivity index (χ0n) is 10.6. The maximum atomic E-state index is 6.03.